The molecular weight excluding hydrogens is 427 g/mol. The minimum Gasteiger partial charge on any atom is -0.379 e. The van der Waals surface area contributed by atoms with Crippen molar-refractivity contribution in [2.45, 2.75) is 12.2 Å². The molecule has 170 valence electrons. The Kier molecular flexibility index (Phi) is 7.60. The summed E-state index contributed by atoms with van der Waals surface area (Å²) in [5.74, 6) is -0.415. The lowest BCUT2D eigenvalue weighted by Gasteiger charge is -2.35. The fourth-order valence-corrected chi connectivity index (χ4v) is 3.41. The second kappa shape index (κ2) is 10.4. The fourth-order valence-electron chi connectivity index (χ4n) is 3.41. The highest BCUT2D eigenvalue weighted by atomic mass is 19.4. The van der Waals surface area contributed by atoms with Gasteiger partial charge in [-0.05, 0) is 29.3 Å². The summed E-state index contributed by atoms with van der Waals surface area (Å²) in [6.45, 7) is 2.36. The number of benzene rings is 2. The van der Waals surface area contributed by atoms with Gasteiger partial charge in [0.1, 0.15) is 0 Å². The molecule has 0 spiro atoms. The van der Waals surface area contributed by atoms with Gasteiger partial charge in [0.05, 0.1) is 29.7 Å². The first-order chi connectivity index (χ1) is 15.2. The number of hydrogen-bond donors (Lipinski definition) is 1. The molecule has 1 unspecified atom stereocenters. The molecule has 1 heterocycles. The molecule has 3 rings (SSSR count). The highest BCUT2D eigenvalue weighted by Crippen LogP contribution is 2.31. The number of rotatable bonds is 7. The lowest BCUT2D eigenvalue weighted by atomic mass is 10.0. The van der Waals surface area contributed by atoms with E-state index in [0.717, 1.165) is 12.1 Å². The molecule has 0 aromatic heterocycles. The number of amides is 1. The maximum atomic E-state index is 12.9. The van der Waals surface area contributed by atoms with E-state index < -0.39 is 22.6 Å². The van der Waals surface area contributed by atoms with Crippen molar-refractivity contribution in [1.82, 2.24) is 10.2 Å². The number of morpholine rings is 1. The Morgan fingerprint density at radius 2 is 1.88 bits per heavy atom. The van der Waals surface area contributed by atoms with E-state index in [2.05, 4.69) is 10.2 Å². The number of nitro benzene ring substituents is 1. The van der Waals surface area contributed by atoms with Gasteiger partial charge in [-0.3, -0.25) is 19.8 Å². The minimum atomic E-state index is -4.42. The highest BCUT2D eigenvalue weighted by Gasteiger charge is 2.31. The Bertz CT molecular complexity index is 971. The van der Waals surface area contributed by atoms with Crippen molar-refractivity contribution in [3.8, 4) is 0 Å². The van der Waals surface area contributed by atoms with E-state index in [4.69, 9.17) is 4.74 Å². The van der Waals surface area contributed by atoms with Crippen LogP contribution < -0.4 is 5.32 Å². The summed E-state index contributed by atoms with van der Waals surface area (Å²) >= 11 is 0. The van der Waals surface area contributed by atoms with Crippen LogP contribution in [0.1, 0.15) is 22.7 Å². The van der Waals surface area contributed by atoms with Crippen molar-refractivity contribution in [2.75, 3.05) is 32.8 Å². The first-order valence-electron chi connectivity index (χ1n) is 9.93. The van der Waals surface area contributed by atoms with Gasteiger partial charge in [-0.2, -0.15) is 13.2 Å². The predicted molar refractivity (Wildman–Crippen MR) is 112 cm³/mol. The molecule has 0 aliphatic carbocycles. The third kappa shape index (κ3) is 6.38. The summed E-state index contributed by atoms with van der Waals surface area (Å²) in [7, 11) is 0. The number of carbonyl (C=O) groups is 1. The number of ether oxygens (including phenoxy) is 1. The van der Waals surface area contributed by atoms with E-state index >= 15 is 0 Å². The monoisotopic (exact) mass is 449 g/mol. The molecule has 2 aromatic carbocycles. The minimum absolute atomic E-state index is 0.0813. The maximum Gasteiger partial charge on any atom is 0.416 e. The lowest BCUT2D eigenvalue weighted by Crippen LogP contribution is -2.43. The Balaban J connectivity index is 1.69. The van der Waals surface area contributed by atoms with Crippen LogP contribution in [0.2, 0.25) is 0 Å². The van der Waals surface area contributed by atoms with E-state index in [-0.39, 0.29) is 18.3 Å². The number of alkyl halides is 3. The van der Waals surface area contributed by atoms with Crippen molar-refractivity contribution in [1.29, 1.82) is 0 Å². The molecular formula is C22H22F3N3O4. The topological polar surface area (TPSA) is 84.7 Å². The third-order valence-corrected chi connectivity index (χ3v) is 5.09. The largest absolute Gasteiger partial charge is 0.416 e. The molecule has 1 aliphatic rings. The molecule has 0 bridgehead atoms. The number of nitrogens with zero attached hydrogens (tertiary/aromatic N) is 2. The third-order valence-electron chi connectivity index (χ3n) is 5.09. The second-order valence-corrected chi connectivity index (χ2v) is 7.21. The van der Waals surface area contributed by atoms with Gasteiger partial charge in [0.15, 0.2) is 0 Å². The van der Waals surface area contributed by atoms with Crippen LogP contribution in [0.3, 0.4) is 0 Å². The van der Waals surface area contributed by atoms with Gasteiger partial charge in [-0.1, -0.05) is 24.3 Å². The van der Waals surface area contributed by atoms with E-state index in [1.165, 1.54) is 42.5 Å². The average Bonchev–Trinajstić information content (AvgIpc) is 2.78. The standard InChI is InChI=1S/C22H22F3N3O4/c23-22(24,25)18-7-5-17(6-8-18)20(27-10-12-32-13-11-27)15-26-21(29)9-4-16-2-1-3-19(14-16)28(30)31/h1-9,14,20H,10-13,15H2,(H,26,29)/b9-4+. The van der Waals surface area contributed by atoms with Gasteiger partial charge in [-0.15, -0.1) is 0 Å². The number of nitrogens with one attached hydrogen (secondary N) is 1. The van der Waals surface area contributed by atoms with Gasteiger partial charge in [-0.25, -0.2) is 0 Å². The fraction of sp³-hybridized carbons (Fsp3) is 0.318. The van der Waals surface area contributed by atoms with Gasteiger partial charge >= 0.3 is 6.18 Å². The number of nitro groups is 1. The van der Waals surface area contributed by atoms with Gasteiger partial charge < -0.3 is 10.1 Å². The van der Waals surface area contributed by atoms with Crippen LogP contribution in [0, 0.1) is 10.1 Å². The normalized spacial score (nSPS) is 16.1. The Hall–Kier alpha value is -3.24. The molecule has 0 radical (unpaired) electrons. The number of non-ortho nitro benzene ring substituents is 1. The van der Waals surface area contributed by atoms with Crippen molar-refractivity contribution >= 4 is 17.7 Å². The van der Waals surface area contributed by atoms with Gasteiger partial charge in [0.25, 0.3) is 5.69 Å². The number of halogens is 3. The summed E-state index contributed by atoms with van der Waals surface area (Å²) in [5, 5.41) is 13.6. The first kappa shape index (κ1) is 23.4. The van der Waals surface area contributed by atoms with E-state index in [1.54, 1.807) is 6.07 Å². The summed E-state index contributed by atoms with van der Waals surface area (Å²) in [6.07, 6.45) is -1.69. The zero-order valence-corrected chi connectivity index (χ0v) is 17.0. The Morgan fingerprint density at radius 3 is 2.50 bits per heavy atom. The van der Waals surface area contributed by atoms with Crippen LogP contribution in [0.15, 0.2) is 54.6 Å². The zero-order chi connectivity index (χ0) is 23.1. The van der Waals surface area contributed by atoms with E-state index in [1.807, 2.05) is 0 Å². The Labute approximate surface area is 182 Å². The molecule has 1 saturated heterocycles. The average molecular weight is 449 g/mol. The van der Waals surface area contributed by atoms with Crippen molar-refractivity contribution in [3.63, 3.8) is 0 Å². The first-order valence-corrected chi connectivity index (χ1v) is 9.93. The summed E-state index contributed by atoms with van der Waals surface area (Å²) in [4.78, 5) is 24.7. The molecule has 1 fully saturated rings. The zero-order valence-electron chi connectivity index (χ0n) is 17.0. The summed E-state index contributed by atoms with van der Waals surface area (Å²) in [6, 6.07) is 10.5. The van der Waals surface area contributed by atoms with E-state index in [9.17, 15) is 28.1 Å². The molecule has 1 N–H and O–H groups in total. The van der Waals surface area contributed by atoms with E-state index in [0.29, 0.717) is 37.4 Å². The van der Waals surface area contributed by atoms with Crippen molar-refractivity contribution in [2.24, 2.45) is 0 Å². The number of hydrogen-bond acceptors (Lipinski definition) is 5. The molecule has 1 atom stereocenters. The van der Waals surface area contributed by atoms with Crippen LogP contribution in [0.4, 0.5) is 18.9 Å². The SMILES string of the molecule is O=C(/C=C/c1cccc([N+](=O)[O-])c1)NCC(c1ccc(C(F)(F)F)cc1)N1CCOCC1. The number of carbonyl (C=O) groups excluding carboxylic acids is 1. The molecule has 7 nitrogen and oxygen atoms in total. The molecule has 32 heavy (non-hydrogen) atoms. The highest BCUT2D eigenvalue weighted by molar-refractivity contribution is 5.91. The lowest BCUT2D eigenvalue weighted by molar-refractivity contribution is -0.384. The maximum absolute atomic E-state index is 12.9. The van der Waals surface area contributed by atoms with Crippen LogP contribution in [0.25, 0.3) is 6.08 Å². The van der Waals surface area contributed by atoms with Crippen molar-refractivity contribution < 1.29 is 27.6 Å². The van der Waals surface area contributed by atoms with Crippen LogP contribution >= 0.6 is 0 Å². The molecule has 2 aromatic rings. The van der Waals surface area contributed by atoms with Gasteiger partial charge in [0.2, 0.25) is 5.91 Å². The smallest absolute Gasteiger partial charge is 0.379 e. The molecule has 1 amide bonds. The summed E-state index contributed by atoms with van der Waals surface area (Å²) in [5.41, 5.74) is 0.345. The second-order valence-electron chi connectivity index (χ2n) is 7.21. The Morgan fingerprint density at radius 1 is 1.19 bits per heavy atom. The van der Waals surface area contributed by atoms with Crippen molar-refractivity contribution in [3.05, 3.63) is 81.4 Å². The molecule has 10 heteroatoms. The molecule has 0 saturated carbocycles. The van der Waals surface area contributed by atoms with Crippen LogP contribution in [-0.4, -0.2) is 48.6 Å². The summed E-state index contributed by atoms with van der Waals surface area (Å²) < 4.78 is 44.0. The van der Waals surface area contributed by atoms with Gasteiger partial charge in [0, 0.05) is 37.8 Å². The molecule has 1 aliphatic heterocycles. The van der Waals surface area contributed by atoms with Crippen LogP contribution in [-0.2, 0) is 15.7 Å². The van der Waals surface area contributed by atoms with Crippen LogP contribution in [0.5, 0.6) is 0 Å². The predicted octanol–water partition coefficient (Wildman–Crippen LogP) is 3.82. The quantitative estimate of drug-likeness (QED) is 0.395.